The van der Waals surface area contributed by atoms with E-state index in [1.807, 2.05) is 20.8 Å². The summed E-state index contributed by atoms with van der Waals surface area (Å²) in [4.78, 5) is 16.2. The van der Waals surface area contributed by atoms with Crippen LogP contribution in [0.25, 0.3) is 11.1 Å². The molecule has 0 fully saturated rings. The molecular formula is C14H19N3O2. The van der Waals surface area contributed by atoms with Gasteiger partial charge in [0.25, 0.3) is 0 Å². The molecule has 3 N–H and O–H groups in total. The molecule has 0 spiro atoms. The van der Waals surface area contributed by atoms with E-state index in [2.05, 4.69) is 10.3 Å². The zero-order valence-corrected chi connectivity index (χ0v) is 11.7. The van der Waals surface area contributed by atoms with Crippen molar-refractivity contribution in [3.05, 3.63) is 24.1 Å². The van der Waals surface area contributed by atoms with Crippen molar-refractivity contribution in [2.24, 2.45) is 11.1 Å². The Bertz CT molecular complexity index is 611. The Morgan fingerprint density at radius 3 is 2.74 bits per heavy atom. The van der Waals surface area contributed by atoms with Crippen molar-refractivity contribution >= 4 is 22.7 Å². The number of carbonyl (C=O) groups is 1. The van der Waals surface area contributed by atoms with Gasteiger partial charge in [-0.05, 0) is 23.6 Å². The van der Waals surface area contributed by atoms with E-state index in [-0.39, 0.29) is 11.3 Å². The Morgan fingerprint density at radius 1 is 1.42 bits per heavy atom. The number of benzene rings is 1. The van der Waals surface area contributed by atoms with Crippen molar-refractivity contribution in [1.82, 2.24) is 4.98 Å². The fourth-order valence-electron chi connectivity index (χ4n) is 1.73. The number of carbonyl (C=O) groups excluding carboxylic acids is 1. The van der Waals surface area contributed by atoms with Crippen LogP contribution in [0.5, 0.6) is 0 Å². The van der Waals surface area contributed by atoms with Crippen molar-refractivity contribution in [3.63, 3.8) is 0 Å². The first-order chi connectivity index (χ1) is 8.77. The molecule has 1 atom stereocenters. The van der Waals surface area contributed by atoms with Crippen molar-refractivity contribution in [1.29, 1.82) is 0 Å². The molecule has 1 aromatic carbocycles. The van der Waals surface area contributed by atoms with Crippen molar-refractivity contribution in [3.8, 4) is 0 Å². The summed E-state index contributed by atoms with van der Waals surface area (Å²) in [6.45, 7) is 7.58. The van der Waals surface area contributed by atoms with Gasteiger partial charge >= 0.3 is 0 Å². The summed E-state index contributed by atoms with van der Waals surface area (Å²) in [5.74, 6) is 0.400. The van der Waals surface area contributed by atoms with E-state index in [4.69, 9.17) is 10.2 Å². The summed E-state index contributed by atoms with van der Waals surface area (Å²) in [6, 6.07) is 4.77. The predicted molar refractivity (Wildman–Crippen MR) is 74.8 cm³/mol. The minimum atomic E-state index is -0.567. The zero-order valence-electron chi connectivity index (χ0n) is 11.7. The third-order valence-electron chi connectivity index (χ3n) is 2.98. The van der Waals surface area contributed by atoms with Crippen LogP contribution in [0, 0.1) is 12.3 Å². The van der Waals surface area contributed by atoms with E-state index in [1.54, 1.807) is 25.1 Å². The van der Waals surface area contributed by atoms with E-state index in [1.165, 1.54) is 0 Å². The molecule has 0 aliphatic rings. The van der Waals surface area contributed by atoms with E-state index >= 15 is 0 Å². The van der Waals surface area contributed by atoms with Gasteiger partial charge in [0.2, 0.25) is 5.91 Å². The number of oxazole rings is 1. The van der Waals surface area contributed by atoms with E-state index in [9.17, 15) is 4.79 Å². The largest absolute Gasteiger partial charge is 0.441 e. The lowest BCUT2D eigenvalue weighted by atomic mass is 9.87. The third kappa shape index (κ3) is 2.93. The summed E-state index contributed by atoms with van der Waals surface area (Å²) in [6.07, 6.45) is 0. The molecule has 0 aliphatic heterocycles. The van der Waals surface area contributed by atoms with Crippen LogP contribution in [-0.4, -0.2) is 16.9 Å². The van der Waals surface area contributed by atoms with Crippen LogP contribution >= 0.6 is 0 Å². The maximum absolute atomic E-state index is 12.0. The number of aryl methyl sites for hydroxylation is 1. The van der Waals surface area contributed by atoms with Gasteiger partial charge in [-0.2, -0.15) is 0 Å². The molecule has 1 aromatic heterocycles. The first-order valence-electron chi connectivity index (χ1n) is 6.21. The lowest BCUT2D eigenvalue weighted by Crippen LogP contribution is -2.45. The Hall–Kier alpha value is -1.88. The molecule has 2 rings (SSSR count). The van der Waals surface area contributed by atoms with E-state index in [0.717, 1.165) is 5.52 Å². The van der Waals surface area contributed by atoms with Gasteiger partial charge in [0.1, 0.15) is 5.52 Å². The molecule has 2 aromatic rings. The summed E-state index contributed by atoms with van der Waals surface area (Å²) < 4.78 is 5.38. The molecule has 1 amide bonds. The number of nitrogens with one attached hydrogen (secondary N) is 1. The average molecular weight is 261 g/mol. The number of anilines is 1. The summed E-state index contributed by atoms with van der Waals surface area (Å²) >= 11 is 0. The molecule has 19 heavy (non-hydrogen) atoms. The van der Waals surface area contributed by atoms with Gasteiger partial charge in [-0.3, -0.25) is 4.79 Å². The topological polar surface area (TPSA) is 81.2 Å². The second-order valence-electron chi connectivity index (χ2n) is 5.75. The summed E-state index contributed by atoms with van der Waals surface area (Å²) in [5.41, 5.74) is 7.73. The number of nitrogens with zero attached hydrogens (tertiary/aromatic N) is 1. The number of hydrogen-bond donors (Lipinski definition) is 2. The first kappa shape index (κ1) is 13.5. The predicted octanol–water partition coefficient (Wildman–Crippen LogP) is 2.45. The highest BCUT2D eigenvalue weighted by atomic mass is 16.3. The second kappa shape index (κ2) is 4.66. The standard InChI is InChI=1S/C14H19N3O2/c1-8-16-10-7-9(5-6-11(10)19-8)17-13(18)12(15)14(2,3)4/h5-7,12H,15H2,1-4H3,(H,17,18). The van der Waals surface area contributed by atoms with Gasteiger partial charge in [0, 0.05) is 12.6 Å². The number of aromatic nitrogens is 1. The third-order valence-corrected chi connectivity index (χ3v) is 2.98. The van der Waals surface area contributed by atoms with Gasteiger partial charge in [-0.15, -0.1) is 0 Å². The highest BCUT2D eigenvalue weighted by Gasteiger charge is 2.27. The van der Waals surface area contributed by atoms with Gasteiger partial charge in [-0.1, -0.05) is 20.8 Å². The smallest absolute Gasteiger partial charge is 0.241 e. The monoisotopic (exact) mass is 261 g/mol. The van der Waals surface area contributed by atoms with Crippen LogP contribution in [0.2, 0.25) is 0 Å². The van der Waals surface area contributed by atoms with E-state index in [0.29, 0.717) is 17.2 Å². The van der Waals surface area contributed by atoms with Gasteiger partial charge < -0.3 is 15.5 Å². The molecule has 1 heterocycles. The maximum atomic E-state index is 12.0. The molecule has 0 saturated heterocycles. The van der Waals surface area contributed by atoms with Gasteiger partial charge in [-0.25, -0.2) is 4.98 Å². The van der Waals surface area contributed by atoms with Crippen molar-refractivity contribution < 1.29 is 9.21 Å². The Morgan fingerprint density at radius 2 is 2.11 bits per heavy atom. The Labute approximate surface area is 112 Å². The van der Waals surface area contributed by atoms with Crippen LogP contribution in [0.3, 0.4) is 0 Å². The zero-order chi connectivity index (χ0) is 14.2. The molecule has 0 aliphatic carbocycles. The van der Waals surface area contributed by atoms with Crippen LogP contribution in [0.1, 0.15) is 26.7 Å². The fourth-order valence-corrected chi connectivity index (χ4v) is 1.73. The SMILES string of the molecule is Cc1nc2cc(NC(=O)C(N)C(C)(C)C)ccc2o1. The molecule has 102 valence electrons. The number of amides is 1. The Kier molecular flexibility index (Phi) is 3.32. The minimum Gasteiger partial charge on any atom is -0.441 e. The normalized spacial score (nSPS) is 13.5. The highest BCUT2D eigenvalue weighted by Crippen LogP contribution is 2.22. The Balaban J connectivity index is 2.19. The second-order valence-corrected chi connectivity index (χ2v) is 5.75. The quantitative estimate of drug-likeness (QED) is 0.870. The summed E-state index contributed by atoms with van der Waals surface area (Å²) in [5, 5.41) is 2.80. The number of rotatable bonds is 2. The summed E-state index contributed by atoms with van der Waals surface area (Å²) in [7, 11) is 0. The van der Waals surface area contributed by atoms with Crippen molar-refractivity contribution in [2.45, 2.75) is 33.7 Å². The average Bonchev–Trinajstić information content (AvgIpc) is 2.66. The molecule has 0 bridgehead atoms. The van der Waals surface area contributed by atoms with E-state index < -0.39 is 6.04 Å². The van der Waals surface area contributed by atoms with Gasteiger partial charge in [0.15, 0.2) is 11.5 Å². The number of hydrogen-bond acceptors (Lipinski definition) is 4. The van der Waals surface area contributed by atoms with Crippen LogP contribution in [-0.2, 0) is 4.79 Å². The van der Waals surface area contributed by atoms with Crippen LogP contribution in [0.4, 0.5) is 5.69 Å². The minimum absolute atomic E-state index is 0.202. The van der Waals surface area contributed by atoms with Gasteiger partial charge in [0.05, 0.1) is 6.04 Å². The molecular weight excluding hydrogens is 242 g/mol. The molecule has 0 saturated carbocycles. The number of nitrogens with two attached hydrogens (primary N) is 1. The molecule has 0 radical (unpaired) electrons. The first-order valence-corrected chi connectivity index (χ1v) is 6.21. The highest BCUT2D eigenvalue weighted by molar-refractivity contribution is 5.96. The molecule has 5 heteroatoms. The lowest BCUT2D eigenvalue weighted by Gasteiger charge is -2.25. The van der Waals surface area contributed by atoms with Crippen LogP contribution < -0.4 is 11.1 Å². The lowest BCUT2D eigenvalue weighted by molar-refractivity contribution is -0.119. The van der Waals surface area contributed by atoms with Crippen molar-refractivity contribution in [2.75, 3.05) is 5.32 Å². The maximum Gasteiger partial charge on any atom is 0.241 e. The van der Waals surface area contributed by atoms with Crippen LogP contribution in [0.15, 0.2) is 22.6 Å². The number of fused-ring (bicyclic) bond motifs is 1. The molecule has 1 unspecified atom stereocenters. The molecule has 5 nitrogen and oxygen atoms in total. The fraction of sp³-hybridized carbons (Fsp3) is 0.429.